The van der Waals surface area contributed by atoms with E-state index < -0.39 is 0 Å². The Balaban J connectivity index is 2.25. The molecule has 0 bridgehead atoms. The zero-order valence-electron chi connectivity index (χ0n) is 10.3. The van der Waals surface area contributed by atoms with Gasteiger partial charge in [-0.2, -0.15) is 0 Å². The highest BCUT2D eigenvalue weighted by atomic mass is 16.1. The number of carbonyl (C=O) groups excluding carboxylic acids is 1. The van der Waals surface area contributed by atoms with E-state index >= 15 is 0 Å². The first-order chi connectivity index (χ1) is 8.26. The molecular formula is C14H18N2O. The van der Waals surface area contributed by atoms with Crippen molar-refractivity contribution in [2.45, 2.75) is 32.7 Å². The minimum atomic E-state index is 0.0103. The zero-order chi connectivity index (χ0) is 12.3. The van der Waals surface area contributed by atoms with Crippen molar-refractivity contribution < 1.29 is 4.79 Å². The van der Waals surface area contributed by atoms with E-state index in [0.717, 1.165) is 29.3 Å². The molecular weight excluding hydrogens is 212 g/mol. The van der Waals surface area contributed by atoms with Crippen LogP contribution >= 0.6 is 0 Å². The van der Waals surface area contributed by atoms with E-state index in [4.69, 9.17) is 0 Å². The summed E-state index contributed by atoms with van der Waals surface area (Å²) in [5, 5.41) is 4.03. The molecule has 1 aromatic carbocycles. The Morgan fingerprint density at radius 2 is 2.00 bits per heavy atom. The summed E-state index contributed by atoms with van der Waals surface area (Å²) >= 11 is 0. The molecule has 0 saturated heterocycles. The first-order valence-corrected chi connectivity index (χ1v) is 6.13. The first-order valence-electron chi connectivity index (χ1n) is 6.13. The highest BCUT2D eigenvalue weighted by molar-refractivity contribution is 6.06. The molecule has 2 N–H and O–H groups in total. The number of aromatic nitrogens is 1. The lowest BCUT2D eigenvalue weighted by molar-refractivity contribution is 0.0936. The Kier molecular flexibility index (Phi) is 3.47. The lowest BCUT2D eigenvalue weighted by atomic mass is 10.1. The van der Waals surface area contributed by atoms with Crippen LogP contribution in [0.4, 0.5) is 0 Å². The third-order valence-electron chi connectivity index (χ3n) is 3.15. The van der Waals surface area contributed by atoms with Gasteiger partial charge in [0.2, 0.25) is 0 Å². The molecule has 2 rings (SSSR count). The van der Waals surface area contributed by atoms with Gasteiger partial charge in [-0.3, -0.25) is 4.79 Å². The zero-order valence-corrected chi connectivity index (χ0v) is 10.3. The smallest absolute Gasteiger partial charge is 0.253 e. The molecule has 2 aromatic rings. The van der Waals surface area contributed by atoms with E-state index in [0.29, 0.717) is 0 Å². The number of hydrogen-bond acceptors (Lipinski definition) is 1. The lowest BCUT2D eigenvalue weighted by Gasteiger charge is -2.14. The summed E-state index contributed by atoms with van der Waals surface area (Å²) in [6.07, 6.45) is 3.71. The van der Waals surface area contributed by atoms with Gasteiger partial charge in [0.1, 0.15) is 0 Å². The molecule has 0 saturated carbocycles. The van der Waals surface area contributed by atoms with Gasteiger partial charge in [-0.05, 0) is 18.9 Å². The lowest BCUT2D eigenvalue weighted by Crippen LogP contribution is -2.33. The van der Waals surface area contributed by atoms with Crippen molar-refractivity contribution in [1.29, 1.82) is 0 Å². The third-order valence-corrected chi connectivity index (χ3v) is 3.15. The number of aromatic amines is 1. The summed E-state index contributed by atoms with van der Waals surface area (Å²) < 4.78 is 0. The van der Waals surface area contributed by atoms with Crippen LogP contribution in [0.15, 0.2) is 30.5 Å². The molecule has 1 heterocycles. The molecule has 0 spiro atoms. The maximum absolute atomic E-state index is 12.1. The number of nitrogens with one attached hydrogen (secondary N) is 2. The number of para-hydroxylation sites is 1. The van der Waals surface area contributed by atoms with Crippen molar-refractivity contribution in [2.24, 2.45) is 0 Å². The van der Waals surface area contributed by atoms with E-state index in [-0.39, 0.29) is 11.9 Å². The first kappa shape index (κ1) is 11.7. The minimum absolute atomic E-state index is 0.0103. The van der Waals surface area contributed by atoms with Crippen LogP contribution in [-0.4, -0.2) is 16.9 Å². The van der Waals surface area contributed by atoms with Gasteiger partial charge in [0, 0.05) is 23.1 Å². The minimum Gasteiger partial charge on any atom is -0.360 e. The van der Waals surface area contributed by atoms with Crippen LogP contribution < -0.4 is 5.32 Å². The quantitative estimate of drug-likeness (QED) is 0.833. The van der Waals surface area contributed by atoms with Gasteiger partial charge in [0.25, 0.3) is 5.91 Å². The molecule has 17 heavy (non-hydrogen) atoms. The Morgan fingerprint density at radius 3 is 2.71 bits per heavy atom. The fraction of sp³-hybridized carbons (Fsp3) is 0.357. The summed E-state index contributed by atoms with van der Waals surface area (Å²) in [7, 11) is 0. The van der Waals surface area contributed by atoms with Crippen molar-refractivity contribution in [3.05, 3.63) is 36.0 Å². The summed E-state index contributed by atoms with van der Waals surface area (Å²) in [6.45, 7) is 4.17. The van der Waals surface area contributed by atoms with Crippen LogP contribution in [0.3, 0.4) is 0 Å². The molecule has 1 amide bonds. The third kappa shape index (κ3) is 2.33. The Morgan fingerprint density at radius 1 is 1.29 bits per heavy atom. The molecule has 0 radical (unpaired) electrons. The topological polar surface area (TPSA) is 44.9 Å². The highest BCUT2D eigenvalue weighted by Crippen LogP contribution is 2.17. The number of hydrogen-bond donors (Lipinski definition) is 2. The van der Waals surface area contributed by atoms with Gasteiger partial charge in [0.15, 0.2) is 0 Å². The fourth-order valence-electron chi connectivity index (χ4n) is 2.02. The second-order valence-corrected chi connectivity index (χ2v) is 4.23. The van der Waals surface area contributed by atoms with E-state index in [1.807, 2.05) is 24.3 Å². The van der Waals surface area contributed by atoms with E-state index in [1.165, 1.54) is 0 Å². The van der Waals surface area contributed by atoms with Crippen molar-refractivity contribution in [2.75, 3.05) is 0 Å². The molecule has 0 fully saturated rings. The number of rotatable bonds is 4. The van der Waals surface area contributed by atoms with E-state index in [9.17, 15) is 4.79 Å². The molecule has 1 aromatic heterocycles. The highest BCUT2D eigenvalue weighted by Gasteiger charge is 2.14. The molecule has 3 nitrogen and oxygen atoms in total. The average molecular weight is 230 g/mol. The van der Waals surface area contributed by atoms with Crippen LogP contribution in [0.5, 0.6) is 0 Å². The van der Waals surface area contributed by atoms with Gasteiger partial charge in [-0.25, -0.2) is 0 Å². The molecule has 0 atom stereocenters. The van der Waals surface area contributed by atoms with E-state index in [1.54, 1.807) is 6.20 Å². The monoisotopic (exact) mass is 230 g/mol. The number of carbonyl (C=O) groups is 1. The molecule has 0 unspecified atom stereocenters. The average Bonchev–Trinajstić information content (AvgIpc) is 2.79. The molecule has 0 aliphatic heterocycles. The summed E-state index contributed by atoms with van der Waals surface area (Å²) in [5.41, 5.74) is 1.73. The standard InChI is InChI=1S/C14H18N2O/c1-3-10(4-2)16-14(17)12-9-15-13-8-6-5-7-11(12)13/h5-10,15H,3-4H2,1-2H3,(H,16,17). The van der Waals surface area contributed by atoms with E-state index in [2.05, 4.69) is 24.1 Å². The number of benzene rings is 1. The maximum atomic E-state index is 12.1. The summed E-state index contributed by atoms with van der Waals surface area (Å²) in [4.78, 5) is 15.2. The van der Waals surface area contributed by atoms with Gasteiger partial charge in [-0.1, -0.05) is 32.0 Å². The second-order valence-electron chi connectivity index (χ2n) is 4.23. The largest absolute Gasteiger partial charge is 0.360 e. The molecule has 0 aliphatic carbocycles. The predicted octanol–water partition coefficient (Wildman–Crippen LogP) is 3.09. The molecule has 90 valence electrons. The summed E-state index contributed by atoms with van der Waals surface area (Å²) in [5.74, 6) is 0.0103. The fourth-order valence-corrected chi connectivity index (χ4v) is 2.02. The molecule has 3 heteroatoms. The van der Waals surface area contributed by atoms with Crippen LogP contribution in [0, 0.1) is 0 Å². The Bertz CT molecular complexity index is 512. The van der Waals surface area contributed by atoms with Crippen molar-refractivity contribution in [3.63, 3.8) is 0 Å². The predicted molar refractivity (Wildman–Crippen MR) is 70.1 cm³/mol. The van der Waals surface area contributed by atoms with Crippen molar-refractivity contribution >= 4 is 16.8 Å². The van der Waals surface area contributed by atoms with Gasteiger partial charge in [0.05, 0.1) is 5.56 Å². The number of H-pyrrole nitrogens is 1. The maximum Gasteiger partial charge on any atom is 0.253 e. The SMILES string of the molecule is CCC(CC)NC(=O)c1c[nH]c2ccccc12. The van der Waals surface area contributed by atoms with Crippen LogP contribution in [0.25, 0.3) is 10.9 Å². The van der Waals surface area contributed by atoms with Crippen LogP contribution in [0.2, 0.25) is 0 Å². The Hall–Kier alpha value is -1.77. The summed E-state index contributed by atoms with van der Waals surface area (Å²) in [6, 6.07) is 8.11. The second kappa shape index (κ2) is 5.04. The number of fused-ring (bicyclic) bond motifs is 1. The number of amides is 1. The van der Waals surface area contributed by atoms with Gasteiger partial charge in [-0.15, -0.1) is 0 Å². The van der Waals surface area contributed by atoms with Crippen LogP contribution in [-0.2, 0) is 0 Å². The van der Waals surface area contributed by atoms with Crippen LogP contribution in [0.1, 0.15) is 37.0 Å². The van der Waals surface area contributed by atoms with Crippen molar-refractivity contribution in [3.8, 4) is 0 Å². The van der Waals surface area contributed by atoms with Gasteiger partial charge >= 0.3 is 0 Å². The van der Waals surface area contributed by atoms with Gasteiger partial charge < -0.3 is 10.3 Å². The Labute approximate surface area is 101 Å². The molecule has 0 aliphatic rings. The van der Waals surface area contributed by atoms with Crippen molar-refractivity contribution in [1.82, 2.24) is 10.3 Å². The normalized spacial score (nSPS) is 11.0.